The highest BCUT2D eigenvalue weighted by molar-refractivity contribution is 5.37. The highest BCUT2D eigenvalue weighted by Crippen LogP contribution is 2.29. The Bertz CT molecular complexity index is 391. The van der Waals surface area contributed by atoms with Crippen molar-refractivity contribution < 1.29 is 17.9 Å². The minimum atomic E-state index is -4.34. The smallest absolute Gasteiger partial charge is 0.379 e. The maximum Gasteiger partial charge on any atom is 0.417 e. The quantitative estimate of drug-likeness (QED) is 0.906. The van der Waals surface area contributed by atoms with E-state index in [0.717, 1.165) is 31.5 Å². The van der Waals surface area contributed by atoms with Crippen LogP contribution in [0.5, 0.6) is 0 Å². The van der Waals surface area contributed by atoms with Gasteiger partial charge in [0.25, 0.3) is 0 Å². The molecule has 0 radical (unpaired) electrons. The Morgan fingerprint density at radius 1 is 1.33 bits per heavy atom. The first-order chi connectivity index (χ1) is 8.50. The molecule has 1 fully saturated rings. The van der Waals surface area contributed by atoms with Gasteiger partial charge in [-0.1, -0.05) is 0 Å². The van der Waals surface area contributed by atoms with E-state index in [9.17, 15) is 13.2 Å². The van der Waals surface area contributed by atoms with Crippen LogP contribution in [0.1, 0.15) is 24.8 Å². The summed E-state index contributed by atoms with van der Waals surface area (Å²) in [5, 5.41) is 3.12. The van der Waals surface area contributed by atoms with Crippen LogP contribution >= 0.6 is 0 Å². The molecule has 1 heterocycles. The van der Waals surface area contributed by atoms with Crippen molar-refractivity contribution in [2.45, 2.75) is 37.6 Å². The standard InChI is InChI=1S/C12H15F3N2O/c1-18-10-4-2-3-9(10)17-11-6-5-8(7-16-11)12(13,14)15/h5-7,9-10H,2-4H2,1H3,(H,16,17). The van der Waals surface area contributed by atoms with Crippen molar-refractivity contribution in [2.24, 2.45) is 0 Å². The van der Waals surface area contributed by atoms with Gasteiger partial charge in [-0.05, 0) is 31.4 Å². The minimum Gasteiger partial charge on any atom is -0.379 e. The van der Waals surface area contributed by atoms with Crippen LogP contribution in [0.15, 0.2) is 18.3 Å². The summed E-state index contributed by atoms with van der Waals surface area (Å²) >= 11 is 0. The van der Waals surface area contributed by atoms with E-state index < -0.39 is 11.7 Å². The molecule has 2 unspecified atom stereocenters. The van der Waals surface area contributed by atoms with E-state index >= 15 is 0 Å². The molecule has 2 rings (SSSR count). The number of methoxy groups -OCH3 is 1. The van der Waals surface area contributed by atoms with Gasteiger partial charge in [0.05, 0.1) is 17.7 Å². The van der Waals surface area contributed by atoms with E-state index in [-0.39, 0.29) is 12.1 Å². The highest BCUT2D eigenvalue weighted by Gasteiger charge is 2.31. The Morgan fingerprint density at radius 3 is 2.67 bits per heavy atom. The molecule has 0 aliphatic heterocycles. The van der Waals surface area contributed by atoms with Crippen molar-refractivity contribution in [3.8, 4) is 0 Å². The lowest BCUT2D eigenvalue weighted by Gasteiger charge is -2.20. The van der Waals surface area contributed by atoms with Crippen LogP contribution < -0.4 is 5.32 Å². The van der Waals surface area contributed by atoms with Gasteiger partial charge in [-0.2, -0.15) is 13.2 Å². The molecule has 0 amide bonds. The number of aromatic nitrogens is 1. The van der Waals surface area contributed by atoms with Gasteiger partial charge in [-0.3, -0.25) is 0 Å². The second-order valence-electron chi connectivity index (χ2n) is 4.39. The lowest BCUT2D eigenvalue weighted by Crippen LogP contribution is -2.30. The van der Waals surface area contributed by atoms with Crippen molar-refractivity contribution in [3.63, 3.8) is 0 Å². The molecule has 0 bridgehead atoms. The number of alkyl halides is 3. The Balaban J connectivity index is 2.02. The first-order valence-corrected chi connectivity index (χ1v) is 5.83. The fourth-order valence-electron chi connectivity index (χ4n) is 2.21. The van der Waals surface area contributed by atoms with Gasteiger partial charge in [0, 0.05) is 13.3 Å². The molecule has 1 aliphatic rings. The van der Waals surface area contributed by atoms with E-state index in [1.54, 1.807) is 7.11 Å². The predicted octanol–water partition coefficient (Wildman–Crippen LogP) is 3.08. The lowest BCUT2D eigenvalue weighted by atomic mass is 10.2. The molecule has 1 aromatic rings. The minimum absolute atomic E-state index is 0.106. The lowest BCUT2D eigenvalue weighted by molar-refractivity contribution is -0.137. The van der Waals surface area contributed by atoms with Gasteiger partial charge in [-0.15, -0.1) is 0 Å². The van der Waals surface area contributed by atoms with Crippen molar-refractivity contribution in [1.29, 1.82) is 0 Å². The number of nitrogens with zero attached hydrogens (tertiary/aromatic N) is 1. The molecule has 18 heavy (non-hydrogen) atoms. The molecule has 1 saturated carbocycles. The Hall–Kier alpha value is -1.30. The van der Waals surface area contributed by atoms with Gasteiger partial charge < -0.3 is 10.1 Å². The van der Waals surface area contributed by atoms with Gasteiger partial charge in [0.15, 0.2) is 0 Å². The number of hydrogen-bond acceptors (Lipinski definition) is 3. The average molecular weight is 260 g/mol. The molecular formula is C12H15F3N2O. The van der Waals surface area contributed by atoms with Crippen LogP contribution in [0.25, 0.3) is 0 Å². The number of pyridine rings is 1. The number of hydrogen-bond donors (Lipinski definition) is 1. The molecule has 2 atom stereocenters. The van der Waals surface area contributed by atoms with E-state index in [4.69, 9.17) is 4.74 Å². The summed E-state index contributed by atoms with van der Waals surface area (Å²) in [6, 6.07) is 2.51. The summed E-state index contributed by atoms with van der Waals surface area (Å²) < 4.78 is 42.4. The monoisotopic (exact) mass is 260 g/mol. The SMILES string of the molecule is COC1CCCC1Nc1ccc(C(F)(F)F)cn1. The van der Waals surface area contributed by atoms with Crippen LogP contribution in [0.2, 0.25) is 0 Å². The summed E-state index contributed by atoms with van der Waals surface area (Å²) in [4.78, 5) is 3.79. The van der Waals surface area contributed by atoms with E-state index in [1.165, 1.54) is 6.07 Å². The second-order valence-corrected chi connectivity index (χ2v) is 4.39. The Morgan fingerprint density at radius 2 is 2.11 bits per heavy atom. The van der Waals surface area contributed by atoms with E-state index in [1.807, 2.05) is 0 Å². The predicted molar refractivity (Wildman–Crippen MR) is 61.3 cm³/mol. The summed E-state index contributed by atoms with van der Waals surface area (Å²) in [6.45, 7) is 0. The molecule has 6 heteroatoms. The summed E-state index contributed by atoms with van der Waals surface area (Å²) in [5.74, 6) is 0.456. The van der Waals surface area contributed by atoms with Gasteiger partial charge in [0.2, 0.25) is 0 Å². The van der Waals surface area contributed by atoms with Crippen LogP contribution in [-0.2, 0) is 10.9 Å². The molecule has 0 saturated heterocycles. The first kappa shape index (κ1) is 13.1. The Labute approximate surface area is 103 Å². The molecule has 1 aromatic heterocycles. The molecule has 3 nitrogen and oxygen atoms in total. The molecule has 0 aromatic carbocycles. The van der Waals surface area contributed by atoms with Crippen molar-refractivity contribution >= 4 is 5.82 Å². The Kier molecular flexibility index (Phi) is 3.75. The van der Waals surface area contributed by atoms with E-state index in [2.05, 4.69) is 10.3 Å². The normalized spacial score (nSPS) is 24.2. The third kappa shape index (κ3) is 2.93. The van der Waals surface area contributed by atoms with Gasteiger partial charge >= 0.3 is 6.18 Å². The van der Waals surface area contributed by atoms with Crippen molar-refractivity contribution in [1.82, 2.24) is 4.98 Å². The average Bonchev–Trinajstić information content (AvgIpc) is 2.76. The van der Waals surface area contributed by atoms with Gasteiger partial charge in [-0.25, -0.2) is 4.98 Å². The molecule has 1 N–H and O–H groups in total. The third-order valence-electron chi connectivity index (χ3n) is 3.18. The number of anilines is 1. The number of ether oxygens (including phenoxy) is 1. The van der Waals surface area contributed by atoms with E-state index in [0.29, 0.717) is 5.82 Å². The highest BCUT2D eigenvalue weighted by atomic mass is 19.4. The fourth-order valence-corrected chi connectivity index (χ4v) is 2.21. The number of halogens is 3. The van der Waals surface area contributed by atoms with Crippen LogP contribution in [0.4, 0.5) is 19.0 Å². The molecule has 0 spiro atoms. The van der Waals surface area contributed by atoms with Crippen LogP contribution in [0, 0.1) is 0 Å². The van der Waals surface area contributed by atoms with Crippen molar-refractivity contribution in [2.75, 3.05) is 12.4 Å². The summed E-state index contributed by atoms with van der Waals surface area (Å²) in [7, 11) is 1.64. The largest absolute Gasteiger partial charge is 0.417 e. The molecule has 1 aliphatic carbocycles. The zero-order chi connectivity index (χ0) is 13.2. The topological polar surface area (TPSA) is 34.1 Å². The second kappa shape index (κ2) is 5.14. The molecular weight excluding hydrogens is 245 g/mol. The zero-order valence-corrected chi connectivity index (χ0v) is 10.00. The van der Waals surface area contributed by atoms with Crippen LogP contribution in [-0.4, -0.2) is 24.2 Å². The number of rotatable bonds is 3. The maximum atomic E-state index is 12.4. The number of nitrogens with one attached hydrogen (secondary N) is 1. The third-order valence-corrected chi connectivity index (χ3v) is 3.18. The zero-order valence-electron chi connectivity index (χ0n) is 10.00. The summed E-state index contributed by atoms with van der Waals surface area (Å²) in [6.07, 6.45) is -0.422. The first-order valence-electron chi connectivity index (χ1n) is 5.83. The van der Waals surface area contributed by atoms with Gasteiger partial charge in [0.1, 0.15) is 5.82 Å². The van der Waals surface area contributed by atoms with Crippen molar-refractivity contribution in [3.05, 3.63) is 23.9 Å². The fraction of sp³-hybridized carbons (Fsp3) is 0.583. The molecule has 100 valence electrons. The maximum absolute atomic E-state index is 12.4. The summed E-state index contributed by atoms with van der Waals surface area (Å²) in [5.41, 5.74) is -0.734. The van der Waals surface area contributed by atoms with Crippen LogP contribution in [0.3, 0.4) is 0 Å².